The molecule has 4 heteroatoms. The lowest BCUT2D eigenvalue weighted by Gasteiger charge is -2.03. The molecule has 0 aliphatic carbocycles. The molecule has 0 saturated heterocycles. The molecule has 0 atom stereocenters. The van der Waals surface area contributed by atoms with Crippen molar-refractivity contribution >= 4 is 16.7 Å². The second-order valence-corrected chi connectivity index (χ2v) is 4.30. The van der Waals surface area contributed by atoms with Gasteiger partial charge in [-0.2, -0.15) is 5.10 Å². The van der Waals surface area contributed by atoms with Crippen molar-refractivity contribution in [1.29, 1.82) is 0 Å². The van der Waals surface area contributed by atoms with Gasteiger partial charge in [0.1, 0.15) is 0 Å². The Bertz CT molecular complexity index is 572. The predicted octanol–water partition coefficient (Wildman–Crippen LogP) is 2.45. The fourth-order valence-corrected chi connectivity index (χ4v) is 2.07. The van der Waals surface area contributed by atoms with Crippen molar-refractivity contribution in [2.45, 2.75) is 26.8 Å². The van der Waals surface area contributed by atoms with Crippen LogP contribution in [0.2, 0.25) is 0 Å². The Morgan fingerprint density at radius 3 is 2.83 bits per heavy atom. The molecule has 0 unspecified atom stereocenters. The standard InChI is InChI=1S/C14H18N2O2/c1-4-13-12-6-5-11(10(2)17)9-14(12)16(15-13)7-8-18-3/h5-6,9H,4,7-8H2,1-3H3. The third-order valence-electron chi connectivity index (χ3n) is 3.08. The van der Waals surface area contributed by atoms with E-state index in [0.717, 1.165) is 28.6 Å². The Kier molecular flexibility index (Phi) is 3.77. The van der Waals surface area contributed by atoms with Crippen molar-refractivity contribution in [3.63, 3.8) is 0 Å². The largest absolute Gasteiger partial charge is 0.383 e. The molecule has 0 aliphatic rings. The fourth-order valence-electron chi connectivity index (χ4n) is 2.07. The first-order valence-corrected chi connectivity index (χ1v) is 6.16. The third-order valence-corrected chi connectivity index (χ3v) is 3.08. The second kappa shape index (κ2) is 5.31. The van der Waals surface area contributed by atoms with Crippen LogP contribution in [0.25, 0.3) is 10.9 Å². The van der Waals surface area contributed by atoms with Crippen LogP contribution in [-0.4, -0.2) is 29.3 Å². The third kappa shape index (κ3) is 2.29. The number of aryl methyl sites for hydroxylation is 1. The van der Waals surface area contributed by atoms with E-state index in [4.69, 9.17) is 4.74 Å². The zero-order valence-electron chi connectivity index (χ0n) is 11.1. The number of nitrogens with zero attached hydrogens (tertiary/aromatic N) is 2. The topological polar surface area (TPSA) is 44.1 Å². The van der Waals surface area contributed by atoms with Gasteiger partial charge in [-0.3, -0.25) is 9.48 Å². The molecule has 1 aromatic carbocycles. The van der Waals surface area contributed by atoms with Crippen LogP contribution in [0.5, 0.6) is 0 Å². The fraction of sp³-hybridized carbons (Fsp3) is 0.429. The number of hydrogen-bond acceptors (Lipinski definition) is 3. The Morgan fingerprint density at radius 1 is 1.44 bits per heavy atom. The molecule has 4 nitrogen and oxygen atoms in total. The molecule has 1 aromatic heterocycles. The van der Waals surface area contributed by atoms with Gasteiger partial charge in [0, 0.05) is 18.1 Å². The predicted molar refractivity (Wildman–Crippen MR) is 71.0 cm³/mol. The van der Waals surface area contributed by atoms with Crippen molar-refractivity contribution in [2.24, 2.45) is 0 Å². The van der Waals surface area contributed by atoms with Gasteiger partial charge in [0.25, 0.3) is 0 Å². The summed E-state index contributed by atoms with van der Waals surface area (Å²) in [7, 11) is 1.67. The summed E-state index contributed by atoms with van der Waals surface area (Å²) in [5.41, 5.74) is 2.80. The maximum atomic E-state index is 11.4. The Labute approximate surface area is 107 Å². The highest BCUT2D eigenvalue weighted by Gasteiger charge is 2.11. The van der Waals surface area contributed by atoms with Crippen molar-refractivity contribution in [2.75, 3.05) is 13.7 Å². The van der Waals surface area contributed by atoms with Crippen LogP contribution in [0.3, 0.4) is 0 Å². The van der Waals surface area contributed by atoms with Crippen molar-refractivity contribution in [3.8, 4) is 0 Å². The number of Topliss-reactive ketones (excluding diaryl/α,β-unsaturated/α-hetero) is 1. The van der Waals surface area contributed by atoms with E-state index in [-0.39, 0.29) is 5.78 Å². The number of hydrogen-bond donors (Lipinski definition) is 0. The summed E-state index contributed by atoms with van der Waals surface area (Å²) in [6, 6.07) is 5.77. The van der Waals surface area contributed by atoms with Gasteiger partial charge in [0.05, 0.1) is 24.4 Å². The minimum Gasteiger partial charge on any atom is -0.383 e. The minimum absolute atomic E-state index is 0.0782. The van der Waals surface area contributed by atoms with E-state index >= 15 is 0 Å². The number of fused-ring (bicyclic) bond motifs is 1. The van der Waals surface area contributed by atoms with Crippen LogP contribution in [0, 0.1) is 0 Å². The van der Waals surface area contributed by atoms with Crippen LogP contribution < -0.4 is 0 Å². The number of aromatic nitrogens is 2. The van der Waals surface area contributed by atoms with Crippen LogP contribution in [-0.2, 0) is 17.7 Å². The molecule has 18 heavy (non-hydrogen) atoms. The molecule has 0 amide bonds. The van der Waals surface area contributed by atoms with E-state index in [1.54, 1.807) is 14.0 Å². The molecule has 2 rings (SSSR count). The molecule has 0 spiro atoms. The molecule has 0 saturated carbocycles. The number of rotatable bonds is 5. The summed E-state index contributed by atoms with van der Waals surface area (Å²) in [6.45, 7) is 4.98. The molecule has 0 radical (unpaired) electrons. The van der Waals surface area contributed by atoms with Crippen LogP contribution in [0.4, 0.5) is 0 Å². The number of ether oxygens (including phenoxy) is 1. The SMILES string of the molecule is CCc1nn(CCOC)c2cc(C(C)=O)ccc12. The molecule has 0 bridgehead atoms. The molecule has 0 fully saturated rings. The normalized spacial score (nSPS) is 11.1. The quantitative estimate of drug-likeness (QED) is 0.761. The zero-order chi connectivity index (χ0) is 13.1. The first-order chi connectivity index (χ1) is 8.67. The summed E-state index contributed by atoms with van der Waals surface area (Å²) >= 11 is 0. The van der Waals surface area contributed by atoms with Gasteiger partial charge in [-0.15, -0.1) is 0 Å². The monoisotopic (exact) mass is 246 g/mol. The van der Waals surface area contributed by atoms with E-state index in [1.165, 1.54) is 0 Å². The first-order valence-electron chi connectivity index (χ1n) is 6.16. The van der Waals surface area contributed by atoms with Gasteiger partial charge < -0.3 is 4.74 Å². The molecule has 0 aliphatic heterocycles. The van der Waals surface area contributed by atoms with Crippen molar-refractivity contribution in [1.82, 2.24) is 9.78 Å². The Morgan fingerprint density at radius 2 is 2.22 bits per heavy atom. The van der Waals surface area contributed by atoms with Gasteiger partial charge in [-0.05, 0) is 19.4 Å². The summed E-state index contributed by atoms with van der Waals surface area (Å²) in [5.74, 6) is 0.0782. The van der Waals surface area contributed by atoms with Crippen LogP contribution in [0.15, 0.2) is 18.2 Å². The lowest BCUT2D eigenvalue weighted by Crippen LogP contribution is -2.06. The minimum atomic E-state index is 0.0782. The Hall–Kier alpha value is -1.68. The smallest absolute Gasteiger partial charge is 0.159 e. The summed E-state index contributed by atoms with van der Waals surface area (Å²) in [5, 5.41) is 5.69. The van der Waals surface area contributed by atoms with Gasteiger partial charge in [-0.1, -0.05) is 19.1 Å². The Balaban J connectivity index is 2.54. The molecular weight excluding hydrogens is 228 g/mol. The zero-order valence-corrected chi connectivity index (χ0v) is 11.1. The number of ketones is 1. The number of methoxy groups -OCH3 is 1. The maximum absolute atomic E-state index is 11.4. The van der Waals surface area contributed by atoms with Gasteiger partial charge in [0.2, 0.25) is 0 Å². The van der Waals surface area contributed by atoms with E-state index in [1.807, 2.05) is 22.9 Å². The van der Waals surface area contributed by atoms with Crippen LogP contribution >= 0.6 is 0 Å². The van der Waals surface area contributed by atoms with E-state index in [9.17, 15) is 4.79 Å². The maximum Gasteiger partial charge on any atom is 0.159 e. The number of benzene rings is 1. The highest BCUT2D eigenvalue weighted by atomic mass is 16.5. The number of carbonyl (C=O) groups excluding carboxylic acids is 1. The second-order valence-electron chi connectivity index (χ2n) is 4.30. The van der Waals surface area contributed by atoms with E-state index in [0.29, 0.717) is 13.2 Å². The molecular formula is C14H18N2O2. The summed E-state index contributed by atoms with van der Waals surface area (Å²) in [4.78, 5) is 11.4. The van der Waals surface area contributed by atoms with Crippen molar-refractivity contribution < 1.29 is 9.53 Å². The lowest BCUT2D eigenvalue weighted by molar-refractivity contribution is 0.101. The van der Waals surface area contributed by atoms with E-state index < -0.39 is 0 Å². The summed E-state index contributed by atoms with van der Waals surface area (Å²) in [6.07, 6.45) is 0.885. The van der Waals surface area contributed by atoms with Crippen LogP contribution in [0.1, 0.15) is 29.9 Å². The molecule has 2 aromatic rings. The lowest BCUT2D eigenvalue weighted by atomic mass is 10.1. The van der Waals surface area contributed by atoms with Crippen molar-refractivity contribution in [3.05, 3.63) is 29.5 Å². The van der Waals surface area contributed by atoms with Gasteiger partial charge in [0.15, 0.2) is 5.78 Å². The van der Waals surface area contributed by atoms with Gasteiger partial charge >= 0.3 is 0 Å². The number of carbonyl (C=O) groups is 1. The average Bonchev–Trinajstić information content (AvgIpc) is 2.73. The average molecular weight is 246 g/mol. The molecule has 0 N–H and O–H groups in total. The highest BCUT2D eigenvalue weighted by Crippen LogP contribution is 2.21. The molecule has 1 heterocycles. The highest BCUT2D eigenvalue weighted by molar-refractivity contribution is 5.98. The summed E-state index contributed by atoms with van der Waals surface area (Å²) < 4.78 is 7.01. The first kappa shape index (κ1) is 12.8. The molecule has 96 valence electrons. The van der Waals surface area contributed by atoms with E-state index in [2.05, 4.69) is 12.0 Å². The van der Waals surface area contributed by atoms with Gasteiger partial charge in [-0.25, -0.2) is 0 Å².